The zero-order valence-electron chi connectivity index (χ0n) is 17.5. The number of carbonyl (C=O) groups is 1. The van der Waals surface area contributed by atoms with Crippen molar-refractivity contribution in [3.63, 3.8) is 0 Å². The molecule has 8 heteroatoms. The average molecular weight is 446 g/mol. The molecule has 2 heterocycles. The number of amides is 1. The number of alkyl halides is 2. The van der Waals surface area contributed by atoms with Crippen molar-refractivity contribution in [3.05, 3.63) is 52.3 Å². The van der Waals surface area contributed by atoms with Gasteiger partial charge in [-0.1, -0.05) is 25.3 Å². The fraction of sp³-hybridized carbons (Fsp3) is 0.435. The van der Waals surface area contributed by atoms with Crippen molar-refractivity contribution < 1.29 is 18.7 Å². The van der Waals surface area contributed by atoms with Gasteiger partial charge in [0, 0.05) is 17.2 Å². The standard InChI is InChI=1S/C23H25F2N3O2S/c1-23(2,30)14-11-18-19(31-22(28-18)13-7-4-3-5-8-13)12-17(14)27-21(29)16-10-6-9-15(26-16)20(24)25/h6,9-13,20,30H,3-5,7-8H2,1-2H3,(H,27,29). The minimum atomic E-state index is -2.76. The van der Waals surface area contributed by atoms with Crippen molar-refractivity contribution in [2.75, 3.05) is 5.32 Å². The fourth-order valence-corrected chi connectivity index (χ4v) is 5.17. The van der Waals surface area contributed by atoms with E-state index >= 15 is 0 Å². The Hall–Kier alpha value is -2.45. The number of pyridine rings is 1. The van der Waals surface area contributed by atoms with E-state index in [0.717, 1.165) is 28.1 Å². The first-order valence-electron chi connectivity index (χ1n) is 10.5. The Morgan fingerprint density at radius 2 is 1.94 bits per heavy atom. The van der Waals surface area contributed by atoms with Gasteiger partial charge in [0.15, 0.2) is 0 Å². The lowest BCUT2D eigenvalue weighted by atomic mass is 9.90. The summed E-state index contributed by atoms with van der Waals surface area (Å²) in [6.45, 7) is 3.27. The monoisotopic (exact) mass is 445 g/mol. The molecule has 3 aromatic rings. The van der Waals surface area contributed by atoms with E-state index in [1.165, 1.54) is 37.5 Å². The van der Waals surface area contributed by atoms with Crippen LogP contribution in [0.2, 0.25) is 0 Å². The summed E-state index contributed by atoms with van der Waals surface area (Å²) in [6.07, 6.45) is 3.19. The summed E-state index contributed by atoms with van der Waals surface area (Å²) in [6, 6.07) is 7.55. The topological polar surface area (TPSA) is 75.1 Å². The van der Waals surface area contributed by atoms with Crippen LogP contribution in [-0.2, 0) is 5.60 Å². The minimum Gasteiger partial charge on any atom is -0.386 e. The van der Waals surface area contributed by atoms with Crippen LogP contribution in [-0.4, -0.2) is 21.0 Å². The third kappa shape index (κ3) is 4.75. The maximum Gasteiger partial charge on any atom is 0.280 e. The summed E-state index contributed by atoms with van der Waals surface area (Å²) in [5, 5.41) is 14.5. The summed E-state index contributed by atoms with van der Waals surface area (Å²) >= 11 is 1.61. The predicted octanol–water partition coefficient (Wildman–Crippen LogP) is 6.16. The molecule has 5 nitrogen and oxygen atoms in total. The summed E-state index contributed by atoms with van der Waals surface area (Å²) in [4.78, 5) is 21.3. The molecule has 0 unspecified atom stereocenters. The Bertz CT molecular complexity index is 1100. The second-order valence-electron chi connectivity index (χ2n) is 8.51. The van der Waals surface area contributed by atoms with E-state index in [4.69, 9.17) is 4.98 Å². The first kappa shape index (κ1) is 21.8. The van der Waals surface area contributed by atoms with E-state index in [9.17, 15) is 18.7 Å². The smallest absolute Gasteiger partial charge is 0.280 e. The Labute approximate surface area is 183 Å². The fourth-order valence-electron chi connectivity index (χ4n) is 4.01. The third-order valence-electron chi connectivity index (χ3n) is 5.63. The van der Waals surface area contributed by atoms with Crippen LogP contribution in [0.5, 0.6) is 0 Å². The molecule has 1 fully saturated rings. The molecule has 4 rings (SSSR count). The Morgan fingerprint density at radius 1 is 1.19 bits per heavy atom. The number of hydrogen-bond acceptors (Lipinski definition) is 5. The molecule has 1 saturated carbocycles. The normalized spacial score (nSPS) is 15.5. The molecule has 0 radical (unpaired) electrons. The van der Waals surface area contributed by atoms with Crippen LogP contribution in [0.15, 0.2) is 30.3 Å². The lowest BCUT2D eigenvalue weighted by Crippen LogP contribution is -2.21. The molecule has 31 heavy (non-hydrogen) atoms. The quantitative estimate of drug-likeness (QED) is 0.493. The van der Waals surface area contributed by atoms with E-state index in [2.05, 4.69) is 10.3 Å². The van der Waals surface area contributed by atoms with Gasteiger partial charge in [-0.05, 0) is 51.0 Å². The molecule has 1 aromatic carbocycles. The van der Waals surface area contributed by atoms with Gasteiger partial charge < -0.3 is 10.4 Å². The second kappa shape index (κ2) is 8.59. The molecule has 1 aliphatic rings. The SMILES string of the molecule is CC(C)(O)c1cc2nc(C3CCCCC3)sc2cc1NC(=O)c1cccc(C(F)F)n1. The van der Waals surface area contributed by atoms with Gasteiger partial charge in [-0.2, -0.15) is 0 Å². The molecule has 164 valence electrons. The number of nitrogens with zero attached hydrogens (tertiary/aromatic N) is 2. The van der Waals surface area contributed by atoms with Crippen LogP contribution in [0.25, 0.3) is 10.2 Å². The van der Waals surface area contributed by atoms with Gasteiger partial charge in [-0.15, -0.1) is 11.3 Å². The maximum atomic E-state index is 13.0. The van der Waals surface area contributed by atoms with Crippen molar-refractivity contribution in [2.45, 2.75) is 63.9 Å². The van der Waals surface area contributed by atoms with Crippen molar-refractivity contribution in [3.8, 4) is 0 Å². The predicted molar refractivity (Wildman–Crippen MR) is 118 cm³/mol. The highest BCUT2D eigenvalue weighted by Crippen LogP contribution is 2.40. The molecular formula is C23H25F2N3O2S. The largest absolute Gasteiger partial charge is 0.386 e. The summed E-state index contributed by atoms with van der Waals surface area (Å²) in [5.41, 5.74) is -0.0633. The first-order valence-corrected chi connectivity index (χ1v) is 11.3. The first-order chi connectivity index (χ1) is 14.7. The van der Waals surface area contributed by atoms with Crippen LogP contribution in [0.3, 0.4) is 0 Å². The van der Waals surface area contributed by atoms with Gasteiger partial charge >= 0.3 is 0 Å². The lowest BCUT2D eigenvalue weighted by Gasteiger charge is -2.22. The van der Waals surface area contributed by atoms with Gasteiger partial charge in [0.05, 0.1) is 20.8 Å². The van der Waals surface area contributed by atoms with Crippen LogP contribution in [0, 0.1) is 0 Å². The molecule has 0 atom stereocenters. The van der Waals surface area contributed by atoms with Crippen LogP contribution in [0.4, 0.5) is 14.5 Å². The summed E-state index contributed by atoms with van der Waals surface area (Å²) in [7, 11) is 0. The number of benzene rings is 1. The van der Waals surface area contributed by atoms with Crippen LogP contribution >= 0.6 is 11.3 Å². The minimum absolute atomic E-state index is 0.105. The summed E-state index contributed by atoms with van der Waals surface area (Å²) in [5.74, 6) is -0.152. The molecule has 0 aliphatic heterocycles. The number of fused-ring (bicyclic) bond motifs is 1. The molecule has 1 aliphatic carbocycles. The molecule has 1 amide bonds. The van der Waals surface area contributed by atoms with Crippen molar-refractivity contribution in [2.24, 2.45) is 0 Å². The molecule has 2 aromatic heterocycles. The van der Waals surface area contributed by atoms with E-state index in [-0.39, 0.29) is 5.69 Å². The number of hydrogen-bond donors (Lipinski definition) is 2. The number of aliphatic hydroxyl groups is 1. The summed E-state index contributed by atoms with van der Waals surface area (Å²) < 4.78 is 26.8. The highest BCUT2D eigenvalue weighted by molar-refractivity contribution is 7.18. The van der Waals surface area contributed by atoms with Gasteiger partial charge in [0.2, 0.25) is 0 Å². The molecule has 2 N–H and O–H groups in total. The Kier molecular flexibility index (Phi) is 6.03. The Balaban J connectivity index is 1.69. The van der Waals surface area contributed by atoms with Crippen molar-refractivity contribution >= 4 is 33.1 Å². The molecule has 0 bridgehead atoms. The second-order valence-corrected chi connectivity index (χ2v) is 9.58. The number of aromatic nitrogens is 2. The number of halogens is 2. The zero-order chi connectivity index (χ0) is 22.2. The number of rotatable bonds is 5. The van der Waals surface area contributed by atoms with Gasteiger partial charge in [-0.3, -0.25) is 4.79 Å². The molecule has 0 spiro atoms. The number of nitrogens with one attached hydrogen (secondary N) is 1. The van der Waals surface area contributed by atoms with Crippen molar-refractivity contribution in [1.82, 2.24) is 9.97 Å². The van der Waals surface area contributed by atoms with Gasteiger partial charge in [0.25, 0.3) is 12.3 Å². The van der Waals surface area contributed by atoms with Crippen molar-refractivity contribution in [1.29, 1.82) is 0 Å². The lowest BCUT2D eigenvalue weighted by molar-refractivity contribution is 0.0794. The van der Waals surface area contributed by atoms with E-state index in [1.54, 1.807) is 31.3 Å². The third-order valence-corrected chi connectivity index (χ3v) is 6.81. The zero-order valence-corrected chi connectivity index (χ0v) is 18.3. The highest BCUT2D eigenvalue weighted by Gasteiger charge is 2.25. The van der Waals surface area contributed by atoms with E-state index in [0.29, 0.717) is 17.2 Å². The van der Waals surface area contributed by atoms with Crippen LogP contribution < -0.4 is 5.32 Å². The molecular weight excluding hydrogens is 420 g/mol. The van der Waals surface area contributed by atoms with Crippen LogP contribution in [0.1, 0.15) is 85.0 Å². The number of anilines is 1. The number of thiazole rings is 1. The maximum absolute atomic E-state index is 13.0. The van der Waals surface area contributed by atoms with E-state index < -0.39 is 23.6 Å². The average Bonchev–Trinajstić information content (AvgIpc) is 3.16. The molecule has 0 saturated heterocycles. The van der Waals surface area contributed by atoms with Gasteiger partial charge in [-0.25, -0.2) is 18.7 Å². The highest BCUT2D eigenvalue weighted by atomic mass is 32.1. The Morgan fingerprint density at radius 3 is 2.61 bits per heavy atom. The van der Waals surface area contributed by atoms with E-state index in [1.807, 2.05) is 6.07 Å². The van der Waals surface area contributed by atoms with Gasteiger partial charge in [0.1, 0.15) is 11.4 Å². The number of carbonyl (C=O) groups excluding carboxylic acids is 1.